The molecule has 1 saturated heterocycles. The monoisotopic (exact) mass is 289 g/mol. The number of carbonyl (C=O) groups is 2. The second kappa shape index (κ2) is 5.90. The molecule has 2 atom stereocenters. The Morgan fingerprint density at radius 1 is 1.21 bits per heavy atom. The van der Waals surface area contributed by atoms with Crippen LogP contribution in [0.2, 0.25) is 0 Å². The van der Waals surface area contributed by atoms with E-state index in [0.29, 0.717) is 13.1 Å². The lowest BCUT2D eigenvalue weighted by Gasteiger charge is -2.43. The van der Waals surface area contributed by atoms with Crippen molar-refractivity contribution in [2.45, 2.75) is 52.3 Å². The van der Waals surface area contributed by atoms with Gasteiger partial charge in [0.2, 0.25) is 0 Å². The van der Waals surface area contributed by atoms with Crippen LogP contribution in [0.15, 0.2) is 0 Å². The number of nitrogens with zero attached hydrogens (tertiary/aromatic N) is 2. The minimum Gasteiger partial charge on any atom is -0.444 e. The van der Waals surface area contributed by atoms with Crippen molar-refractivity contribution in [3.63, 3.8) is 0 Å². The van der Waals surface area contributed by atoms with E-state index in [1.807, 2.05) is 34.6 Å². The van der Waals surface area contributed by atoms with E-state index in [1.54, 1.807) is 9.80 Å². The van der Waals surface area contributed by atoms with Crippen molar-refractivity contribution in [3.05, 3.63) is 0 Å². The average Bonchev–Trinajstić information content (AvgIpc) is 2.25. The highest BCUT2D eigenvalue weighted by Crippen LogP contribution is 2.18. The number of thiol groups is 1. The molecule has 0 aromatic rings. The second-order valence-corrected chi connectivity index (χ2v) is 6.13. The number of hydrogen-bond donors (Lipinski definition) is 2. The lowest BCUT2D eigenvalue weighted by Crippen LogP contribution is -2.61. The molecule has 0 aliphatic carbocycles. The summed E-state index contributed by atoms with van der Waals surface area (Å²) in [5.74, 6) is 0. The van der Waals surface area contributed by atoms with Crippen molar-refractivity contribution in [2.24, 2.45) is 0 Å². The Morgan fingerprint density at radius 3 is 2.05 bits per heavy atom. The molecule has 0 aromatic heterocycles. The Bertz CT molecular complexity index is 345. The molecule has 0 saturated carbocycles. The third-order valence-corrected chi connectivity index (χ3v) is 3.09. The molecule has 0 spiro atoms. The van der Waals surface area contributed by atoms with Crippen molar-refractivity contribution in [1.29, 1.82) is 0 Å². The summed E-state index contributed by atoms with van der Waals surface area (Å²) in [5.41, 5.74) is -0.511. The predicted molar refractivity (Wildman–Crippen MR) is 76.1 cm³/mol. The minimum atomic E-state index is -0.511. The maximum absolute atomic E-state index is 12.0. The molecule has 0 bridgehead atoms. The fourth-order valence-electron chi connectivity index (χ4n) is 2.26. The molecule has 1 heterocycles. The fourth-order valence-corrected chi connectivity index (χ4v) is 2.37. The van der Waals surface area contributed by atoms with Crippen LogP contribution in [-0.4, -0.2) is 52.7 Å². The molecule has 1 aliphatic rings. The number of rotatable bonds is 0. The van der Waals surface area contributed by atoms with Gasteiger partial charge in [0.1, 0.15) is 5.60 Å². The van der Waals surface area contributed by atoms with E-state index in [1.165, 1.54) is 0 Å². The van der Waals surface area contributed by atoms with Gasteiger partial charge in [-0.1, -0.05) is 12.8 Å². The van der Waals surface area contributed by atoms with E-state index in [-0.39, 0.29) is 24.2 Å². The van der Waals surface area contributed by atoms with Gasteiger partial charge in [-0.2, -0.15) is 0 Å². The van der Waals surface area contributed by atoms with Crippen LogP contribution in [0.5, 0.6) is 0 Å². The van der Waals surface area contributed by atoms with E-state index < -0.39 is 5.60 Å². The highest BCUT2D eigenvalue weighted by Gasteiger charge is 2.36. The zero-order valence-corrected chi connectivity index (χ0v) is 13.0. The summed E-state index contributed by atoms with van der Waals surface area (Å²) in [6.07, 6.45) is -0.336. The van der Waals surface area contributed by atoms with Crippen molar-refractivity contribution >= 4 is 24.9 Å². The molecule has 3 amide bonds. The van der Waals surface area contributed by atoms with E-state index >= 15 is 0 Å². The first-order valence-electron chi connectivity index (χ1n) is 6.36. The first-order chi connectivity index (χ1) is 8.65. The first kappa shape index (κ1) is 15.9. The van der Waals surface area contributed by atoms with Crippen LogP contribution in [0.1, 0.15) is 34.6 Å². The van der Waals surface area contributed by atoms with Crippen molar-refractivity contribution in [3.8, 4) is 0 Å². The molecule has 2 unspecified atom stereocenters. The second-order valence-electron chi connectivity index (χ2n) is 5.91. The molecule has 7 heteroatoms. The quantitative estimate of drug-likeness (QED) is 0.669. The van der Waals surface area contributed by atoms with E-state index in [0.717, 1.165) is 0 Å². The van der Waals surface area contributed by atoms with Gasteiger partial charge in [0.15, 0.2) is 0 Å². The highest BCUT2D eigenvalue weighted by atomic mass is 32.1. The van der Waals surface area contributed by atoms with Crippen LogP contribution in [0.4, 0.5) is 9.59 Å². The Kier molecular flexibility index (Phi) is 4.95. The van der Waals surface area contributed by atoms with Crippen molar-refractivity contribution in [2.75, 3.05) is 13.1 Å². The summed E-state index contributed by atoms with van der Waals surface area (Å²) in [5, 5.41) is 0. The molecule has 1 N–H and O–H groups in total. The summed E-state index contributed by atoms with van der Waals surface area (Å²) < 4.78 is 7.67. The highest BCUT2D eigenvalue weighted by molar-refractivity contribution is 7.78. The van der Waals surface area contributed by atoms with E-state index in [9.17, 15) is 9.59 Å². The standard InChI is InChI=1S/C12H23N3O3S/c1-8-6-14(11(17)18-12(3,4)5)7-9(2)15(8)10(16)13-19/h8-9,19H,6-7H2,1-5H3,(H,13,16). The maximum Gasteiger partial charge on any atom is 0.410 e. The van der Waals surface area contributed by atoms with Gasteiger partial charge in [-0.05, 0) is 34.6 Å². The van der Waals surface area contributed by atoms with Crippen LogP contribution in [-0.2, 0) is 4.74 Å². The number of amides is 3. The number of piperazine rings is 1. The van der Waals surface area contributed by atoms with Gasteiger partial charge in [-0.15, -0.1) is 0 Å². The largest absolute Gasteiger partial charge is 0.444 e. The van der Waals surface area contributed by atoms with E-state index in [4.69, 9.17) is 4.74 Å². The Balaban J connectivity index is 2.69. The molecule has 1 fully saturated rings. The molecular formula is C12H23N3O3S. The molecule has 19 heavy (non-hydrogen) atoms. The van der Waals surface area contributed by atoms with Gasteiger partial charge in [0.25, 0.3) is 0 Å². The SMILES string of the molecule is CC1CN(C(=O)OC(C)(C)C)CC(C)N1C(=O)NS. The average molecular weight is 289 g/mol. The summed E-state index contributed by atoms with van der Waals surface area (Å²) in [7, 11) is 0. The third kappa shape index (κ3) is 4.19. The van der Waals surface area contributed by atoms with Crippen LogP contribution < -0.4 is 4.72 Å². The molecule has 1 aliphatic heterocycles. The normalized spacial score (nSPS) is 24.1. The zero-order chi connectivity index (χ0) is 14.8. The van der Waals surface area contributed by atoms with Gasteiger partial charge in [-0.3, -0.25) is 4.72 Å². The summed E-state index contributed by atoms with van der Waals surface area (Å²) >= 11 is 3.78. The number of urea groups is 1. The van der Waals surface area contributed by atoms with Crippen molar-refractivity contribution in [1.82, 2.24) is 14.5 Å². The van der Waals surface area contributed by atoms with Gasteiger partial charge < -0.3 is 14.5 Å². The van der Waals surface area contributed by atoms with Gasteiger partial charge in [0.05, 0.1) is 0 Å². The summed E-state index contributed by atoms with van der Waals surface area (Å²) in [6, 6.07) is -0.404. The molecule has 0 aromatic carbocycles. The van der Waals surface area contributed by atoms with Gasteiger partial charge in [-0.25, -0.2) is 9.59 Å². The maximum atomic E-state index is 12.0. The molecule has 110 valence electrons. The van der Waals surface area contributed by atoms with Crippen molar-refractivity contribution < 1.29 is 14.3 Å². The van der Waals surface area contributed by atoms with Crippen LogP contribution in [0.3, 0.4) is 0 Å². The molecule has 0 radical (unpaired) electrons. The molecule has 1 rings (SSSR count). The third-order valence-electron chi connectivity index (χ3n) is 2.90. The molecule has 6 nitrogen and oxygen atoms in total. The Morgan fingerprint density at radius 2 is 1.68 bits per heavy atom. The van der Waals surface area contributed by atoms with E-state index in [2.05, 4.69) is 17.5 Å². The number of carbonyl (C=O) groups excluding carboxylic acids is 2. The lowest BCUT2D eigenvalue weighted by atomic mass is 10.1. The summed E-state index contributed by atoms with van der Waals surface area (Å²) in [4.78, 5) is 27.0. The predicted octanol–water partition coefficient (Wildman–Crippen LogP) is 1.87. The Hall–Kier alpha value is -1.11. The van der Waals surface area contributed by atoms with Gasteiger partial charge >= 0.3 is 12.1 Å². The minimum absolute atomic E-state index is 0.0802. The zero-order valence-electron chi connectivity index (χ0n) is 12.1. The molecular weight excluding hydrogens is 266 g/mol. The summed E-state index contributed by atoms with van der Waals surface area (Å²) in [6.45, 7) is 10.2. The Labute approximate surface area is 120 Å². The smallest absolute Gasteiger partial charge is 0.410 e. The topological polar surface area (TPSA) is 61.9 Å². The van der Waals surface area contributed by atoms with Crippen LogP contribution >= 0.6 is 12.8 Å². The first-order valence-corrected chi connectivity index (χ1v) is 6.80. The van der Waals surface area contributed by atoms with Crippen LogP contribution in [0, 0.1) is 0 Å². The number of hydrogen-bond acceptors (Lipinski definition) is 4. The number of ether oxygens (including phenoxy) is 1. The fraction of sp³-hybridized carbons (Fsp3) is 0.833. The lowest BCUT2D eigenvalue weighted by molar-refractivity contribution is 0.00162. The van der Waals surface area contributed by atoms with Gasteiger partial charge in [0, 0.05) is 25.2 Å². The van der Waals surface area contributed by atoms with Crippen LogP contribution in [0.25, 0.3) is 0 Å². The number of nitrogens with one attached hydrogen (secondary N) is 1.